The third-order valence-electron chi connectivity index (χ3n) is 4.09. The van der Waals surface area contributed by atoms with Crippen molar-refractivity contribution < 1.29 is 0 Å². The molecule has 2 nitrogen and oxygen atoms in total. The fourth-order valence-corrected chi connectivity index (χ4v) is 3.02. The fourth-order valence-electron chi connectivity index (χ4n) is 3.02. The summed E-state index contributed by atoms with van der Waals surface area (Å²) in [4.78, 5) is 2.43. The molecule has 0 atom stereocenters. The SMILES string of the molecule is CN1CCC(c2cn(C)c3ccccc23)CC1. The van der Waals surface area contributed by atoms with Gasteiger partial charge in [0.2, 0.25) is 0 Å². The number of hydrogen-bond donors (Lipinski definition) is 0. The highest BCUT2D eigenvalue weighted by Gasteiger charge is 2.21. The molecule has 0 unspecified atom stereocenters. The number of benzene rings is 1. The van der Waals surface area contributed by atoms with E-state index in [1.54, 1.807) is 5.56 Å². The predicted octanol–water partition coefficient (Wildman–Crippen LogP) is 2.99. The van der Waals surface area contributed by atoms with Crippen molar-refractivity contribution in [1.29, 1.82) is 0 Å². The molecule has 0 saturated carbocycles. The van der Waals surface area contributed by atoms with Crippen LogP contribution in [0.4, 0.5) is 0 Å². The predicted molar refractivity (Wildman–Crippen MR) is 72.4 cm³/mol. The van der Waals surface area contributed by atoms with Crippen LogP contribution in [0.2, 0.25) is 0 Å². The molecule has 17 heavy (non-hydrogen) atoms. The van der Waals surface area contributed by atoms with E-state index >= 15 is 0 Å². The Morgan fingerprint density at radius 1 is 1.06 bits per heavy atom. The number of likely N-dealkylation sites (tertiary alicyclic amines) is 1. The highest BCUT2D eigenvalue weighted by molar-refractivity contribution is 5.84. The Morgan fingerprint density at radius 3 is 2.53 bits per heavy atom. The van der Waals surface area contributed by atoms with E-state index in [0.29, 0.717) is 0 Å². The van der Waals surface area contributed by atoms with Crippen molar-refractivity contribution >= 4 is 10.9 Å². The van der Waals surface area contributed by atoms with Gasteiger partial charge in [-0.1, -0.05) is 18.2 Å². The van der Waals surface area contributed by atoms with Gasteiger partial charge in [0.25, 0.3) is 0 Å². The van der Waals surface area contributed by atoms with Crippen LogP contribution < -0.4 is 0 Å². The smallest absolute Gasteiger partial charge is 0.0480 e. The molecule has 1 aliphatic rings. The van der Waals surface area contributed by atoms with Crippen molar-refractivity contribution in [3.63, 3.8) is 0 Å². The van der Waals surface area contributed by atoms with Crippen LogP contribution in [-0.4, -0.2) is 29.6 Å². The van der Waals surface area contributed by atoms with Crippen molar-refractivity contribution in [2.24, 2.45) is 7.05 Å². The fraction of sp³-hybridized carbons (Fsp3) is 0.467. The molecule has 90 valence electrons. The van der Waals surface area contributed by atoms with Gasteiger partial charge in [0, 0.05) is 24.1 Å². The molecule has 0 amide bonds. The summed E-state index contributed by atoms with van der Waals surface area (Å²) in [5.74, 6) is 0.747. The van der Waals surface area contributed by atoms with E-state index in [4.69, 9.17) is 0 Å². The van der Waals surface area contributed by atoms with E-state index in [9.17, 15) is 0 Å². The van der Waals surface area contributed by atoms with Gasteiger partial charge >= 0.3 is 0 Å². The van der Waals surface area contributed by atoms with Crippen molar-refractivity contribution in [1.82, 2.24) is 9.47 Å². The lowest BCUT2D eigenvalue weighted by Crippen LogP contribution is -2.29. The van der Waals surface area contributed by atoms with Crippen molar-refractivity contribution in [3.05, 3.63) is 36.0 Å². The molecule has 2 heteroatoms. The molecule has 0 aliphatic carbocycles. The Balaban J connectivity index is 2.00. The summed E-state index contributed by atoms with van der Waals surface area (Å²) in [5, 5.41) is 1.45. The number of nitrogens with zero attached hydrogens (tertiary/aromatic N) is 2. The maximum atomic E-state index is 2.43. The van der Waals surface area contributed by atoms with Crippen LogP contribution >= 0.6 is 0 Å². The molecule has 1 fully saturated rings. The van der Waals surface area contributed by atoms with Crippen molar-refractivity contribution in [2.75, 3.05) is 20.1 Å². The Labute approximate surface area is 103 Å². The van der Waals surface area contributed by atoms with Gasteiger partial charge in [0.15, 0.2) is 0 Å². The average Bonchev–Trinajstić information content (AvgIpc) is 2.69. The lowest BCUT2D eigenvalue weighted by Gasteiger charge is -2.28. The molecule has 0 spiro atoms. The van der Waals surface area contributed by atoms with Crippen molar-refractivity contribution in [3.8, 4) is 0 Å². The first kappa shape index (κ1) is 10.8. The number of fused-ring (bicyclic) bond motifs is 1. The molecular formula is C15H20N2. The monoisotopic (exact) mass is 228 g/mol. The van der Waals surface area contributed by atoms with Crippen LogP contribution in [-0.2, 0) is 7.05 Å². The topological polar surface area (TPSA) is 8.17 Å². The van der Waals surface area contributed by atoms with Crippen LogP contribution in [0, 0.1) is 0 Å². The zero-order valence-corrected chi connectivity index (χ0v) is 10.7. The van der Waals surface area contributed by atoms with Crippen molar-refractivity contribution in [2.45, 2.75) is 18.8 Å². The van der Waals surface area contributed by atoms with E-state index in [0.717, 1.165) is 5.92 Å². The first-order valence-electron chi connectivity index (χ1n) is 6.48. The van der Waals surface area contributed by atoms with Crippen LogP contribution in [0.15, 0.2) is 30.5 Å². The molecule has 3 rings (SSSR count). The molecule has 2 heterocycles. The second kappa shape index (κ2) is 4.19. The Hall–Kier alpha value is -1.28. The normalized spacial score (nSPS) is 18.9. The lowest BCUT2D eigenvalue weighted by atomic mass is 9.89. The average molecular weight is 228 g/mol. The maximum Gasteiger partial charge on any atom is 0.0480 e. The zero-order chi connectivity index (χ0) is 11.8. The van der Waals surface area contributed by atoms with Crippen LogP contribution in [0.5, 0.6) is 0 Å². The number of hydrogen-bond acceptors (Lipinski definition) is 1. The van der Waals surface area contributed by atoms with Gasteiger partial charge in [0.05, 0.1) is 0 Å². The van der Waals surface area contributed by atoms with Gasteiger partial charge in [-0.3, -0.25) is 0 Å². The van der Waals surface area contributed by atoms with Gasteiger partial charge in [-0.05, 0) is 50.5 Å². The Bertz CT molecular complexity index is 519. The standard InChI is InChI=1S/C15H20N2/c1-16-9-7-12(8-10-16)14-11-17(2)15-6-4-3-5-13(14)15/h3-6,11-12H,7-10H2,1-2H3. The number of aryl methyl sites for hydroxylation is 1. The van der Waals surface area contributed by atoms with E-state index in [-0.39, 0.29) is 0 Å². The molecule has 1 aliphatic heterocycles. The quantitative estimate of drug-likeness (QED) is 0.728. The van der Waals surface area contributed by atoms with Gasteiger partial charge in [-0.2, -0.15) is 0 Å². The first-order valence-corrected chi connectivity index (χ1v) is 6.48. The minimum atomic E-state index is 0.747. The molecule has 1 aromatic heterocycles. The van der Waals surface area contributed by atoms with Gasteiger partial charge in [0.1, 0.15) is 0 Å². The Kier molecular flexibility index (Phi) is 2.67. The second-order valence-electron chi connectivity index (χ2n) is 5.29. The number of aromatic nitrogens is 1. The minimum Gasteiger partial charge on any atom is -0.350 e. The first-order chi connectivity index (χ1) is 8.25. The van der Waals surface area contributed by atoms with Crippen LogP contribution in [0.25, 0.3) is 10.9 Å². The highest BCUT2D eigenvalue weighted by Crippen LogP contribution is 2.33. The van der Waals surface area contributed by atoms with Gasteiger partial charge in [-0.15, -0.1) is 0 Å². The summed E-state index contributed by atoms with van der Waals surface area (Å²) in [6.07, 6.45) is 4.93. The highest BCUT2D eigenvalue weighted by atomic mass is 15.1. The van der Waals surface area contributed by atoms with Gasteiger partial charge < -0.3 is 9.47 Å². The van der Waals surface area contributed by atoms with Crippen LogP contribution in [0.3, 0.4) is 0 Å². The van der Waals surface area contributed by atoms with E-state index in [2.05, 4.69) is 54.0 Å². The molecule has 0 bridgehead atoms. The van der Waals surface area contributed by atoms with E-state index in [1.807, 2.05) is 0 Å². The molecular weight excluding hydrogens is 208 g/mol. The third-order valence-corrected chi connectivity index (χ3v) is 4.09. The summed E-state index contributed by atoms with van der Waals surface area (Å²) >= 11 is 0. The van der Waals surface area contributed by atoms with Gasteiger partial charge in [-0.25, -0.2) is 0 Å². The largest absolute Gasteiger partial charge is 0.350 e. The molecule has 1 aromatic carbocycles. The summed E-state index contributed by atoms with van der Waals surface area (Å²) in [5.41, 5.74) is 2.91. The lowest BCUT2D eigenvalue weighted by molar-refractivity contribution is 0.256. The van der Waals surface area contributed by atoms with Crippen LogP contribution in [0.1, 0.15) is 24.3 Å². The summed E-state index contributed by atoms with van der Waals surface area (Å²) in [6.45, 7) is 2.46. The number of piperidine rings is 1. The second-order valence-corrected chi connectivity index (χ2v) is 5.29. The summed E-state index contributed by atoms with van der Waals surface area (Å²) in [6, 6.07) is 8.76. The molecule has 0 radical (unpaired) electrons. The maximum absolute atomic E-state index is 2.43. The Morgan fingerprint density at radius 2 is 1.76 bits per heavy atom. The summed E-state index contributed by atoms with van der Waals surface area (Å²) in [7, 11) is 4.38. The zero-order valence-electron chi connectivity index (χ0n) is 10.7. The molecule has 0 N–H and O–H groups in total. The third kappa shape index (κ3) is 1.87. The number of para-hydroxylation sites is 1. The summed E-state index contributed by atoms with van der Waals surface area (Å²) < 4.78 is 2.27. The molecule has 2 aromatic rings. The minimum absolute atomic E-state index is 0.747. The molecule has 1 saturated heterocycles. The van der Waals surface area contributed by atoms with E-state index in [1.165, 1.54) is 36.8 Å². The van der Waals surface area contributed by atoms with E-state index < -0.39 is 0 Å². The number of rotatable bonds is 1.